The lowest BCUT2D eigenvalue weighted by atomic mass is 9.94. The minimum atomic E-state index is -4.10. The molecular weight excluding hydrogens is 584 g/mol. The SMILES string of the molecule is Cc1ccc(C(C(=O)NC2CCCCC2)N(C(=O)CS(=O)(=O)c2ccc(C)cc2)c2ccccc2C(=O)c2ccccc2)cc1. The van der Waals surface area contributed by atoms with Gasteiger partial charge in [-0.3, -0.25) is 19.3 Å². The van der Waals surface area contributed by atoms with Gasteiger partial charge in [-0.05, 0) is 56.5 Å². The summed E-state index contributed by atoms with van der Waals surface area (Å²) in [6.45, 7) is 3.77. The molecule has 1 fully saturated rings. The first-order valence-electron chi connectivity index (χ1n) is 15.3. The van der Waals surface area contributed by atoms with E-state index in [1.165, 1.54) is 17.0 Å². The van der Waals surface area contributed by atoms with Crippen molar-refractivity contribution in [3.63, 3.8) is 0 Å². The third kappa shape index (κ3) is 7.57. The van der Waals surface area contributed by atoms with E-state index in [0.29, 0.717) is 11.1 Å². The second-order valence-corrected chi connectivity index (χ2v) is 13.7. The lowest BCUT2D eigenvalue weighted by molar-refractivity contribution is -0.126. The van der Waals surface area contributed by atoms with Crippen LogP contribution >= 0.6 is 0 Å². The van der Waals surface area contributed by atoms with Crippen LogP contribution in [-0.4, -0.2) is 37.8 Å². The van der Waals surface area contributed by atoms with Crippen LogP contribution in [0.25, 0.3) is 0 Å². The zero-order valence-corrected chi connectivity index (χ0v) is 26.4. The van der Waals surface area contributed by atoms with Gasteiger partial charge in [0.15, 0.2) is 15.6 Å². The van der Waals surface area contributed by atoms with Crippen LogP contribution in [0.3, 0.4) is 0 Å². The molecule has 5 rings (SSSR count). The highest BCUT2D eigenvalue weighted by Crippen LogP contribution is 2.33. The minimum Gasteiger partial charge on any atom is -0.351 e. The summed E-state index contributed by atoms with van der Waals surface area (Å²) in [6, 6.07) is 27.5. The monoisotopic (exact) mass is 622 g/mol. The van der Waals surface area contributed by atoms with Crippen LogP contribution in [0.4, 0.5) is 5.69 Å². The zero-order chi connectivity index (χ0) is 32.0. The topological polar surface area (TPSA) is 101 Å². The molecule has 4 aromatic rings. The Morgan fingerprint density at radius 2 is 1.33 bits per heavy atom. The van der Waals surface area contributed by atoms with Crippen LogP contribution in [0, 0.1) is 13.8 Å². The van der Waals surface area contributed by atoms with Gasteiger partial charge in [0.25, 0.3) is 0 Å². The number of rotatable bonds is 10. The number of sulfone groups is 1. The quantitative estimate of drug-likeness (QED) is 0.203. The van der Waals surface area contributed by atoms with Crippen molar-refractivity contribution in [1.82, 2.24) is 5.32 Å². The van der Waals surface area contributed by atoms with E-state index in [1.807, 2.05) is 26.0 Å². The first-order valence-corrected chi connectivity index (χ1v) is 17.0. The molecule has 8 heteroatoms. The van der Waals surface area contributed by atoms with E-state index in [4.69, 9.17) is 0 Å². The summed E-state index contributed by atoms with van der Waals surface area (Å²) in [5.41, 5.74) is 3.12. The molecule has 1 saturated carbocycles. The zero-order valence-electron chi connectivity index (χ0n) is 25.6. The van der Waals surface area contributed by atoms with Crippen LogP contribution in [0.15, 0.2) is 108 Å². The number of amides is 2. The number of carbonyl (C=O) groups is 3. The average molecular weight is 623 g/mol. The fourth-order valence-electron chi connectivity index (χ4n) is 5.79. The molecule has 1 aliphatic carbocycles. The van der Waals surface area contributed by atoms with Gasteiger partial charge in [-0.2, -0.15) is 0 Å². The number of nitrogens with zero attached hydrogens (tertiary/aromatic N) is 1. The number of aryl methyl sites for hydroxylation is 2. The van der Waals surface area contributed by atoms with Crippen molar-refractivity contribution in [3.8, 4) is 0 Å². The Kier molecular flexibility index (Phi) is 9.93. The van der Waals surface area contributed by atoms with Gasteiger partial charge in [0, 0.05) is 17.2 Å². The molecule has 45 heavy (non-hydrogen) atoms. The number of nitrogens with one attached hydrogen (secondary N) is 1. The maximum Gasteiger partial charge on any atom is 0.248 e. The van der Waals surface area contributed by atoms with Gasteiger partial charge < -0.3 is 5.32 Å². The van der Waals surface area contributed by atoms with E-state index in [-0.39, 0.29) is 28.0 Å². The van der Waals surface area contributed by atoms with Crippen LogP contribution < -0.4 is 10.2 Å². The van der Waals surface area contributed by atoms with Crippen molar-refractivity contribution in [2.75, 3.05) is 10.7 Å². The molecule has 1 unspecified atom stereocenters. The summed E-state index contributed by atoms with van der Waals surface area (Å²) >= 11 is 0. The number of ketones is 1. The lowest BCUT2D eigenvalue weighted by Gasteiger charge is -2.34. The summed E-state index contributed by atoms with van der Waals surface area (Å²) in [6.07, 6.45) is 4.73. The Hall–Kier alpha value is -4.56. The molecule has 2 amide bonds. The number of hydrogen-bond donors (Lipinski definition) is 1. The average Bonchev–Trinajstić information content (AvgIpc) is 3.04. The molecule has 0 radical (unpaired) electrons. The fourth-order valence-corrected chi connectivity index (χ4v) is 6.97. The molecule has 0 saturated heterocycles. The first-order chi connectivity index (χ1) is 21.6. The molecular formula is C37H38N2O5S. The smallest absolute Gasteiger partial charge is 0.248 e. The molecule has 1 N–H and O–H groups in total. The van der Waals surface area contributed by atoms with Crippen LogP contribution in [0.2, 0.25) is 0 Å². The molecule has 1 atom stereocenters. The molecule has 0 spiro atoms. The second-order valence-electron chi connectivity index (χ2n) is 11.7. The predicted octanol–water partition coefficient (Wildman–Crippen LogP) is 6.53. The largest absolute Gasteiger partial charge is 0.351 e. The predicted molar refractivity (Wildman–Crippen MR) is 176 cm³/mol. The van der Waals surface area contributed by atoms with E-state index < -0.39 is 33.4 Å². The highest BCUT2D eigenvalue weighted by Gasteiger charge is 2.37. The first kappa shape index (κ1) is 31.9. The normalized spacial score (nSPS) is 14.4. The Morgan fingerprint density at radius 1 is 0.756 bits per heavy atom. The fraction of sp³-hybridized carbons (Fsp3) is 0.270. The number of para-hydroxylation sites is 1. The molecule has 1 aliphatic rings. The van der Waals surface area contributed by atoms with Crippen molar-refractivity contribution in [1.29, 1.82) is 0 Å². The van der Waals surface area contributed by atoms with Crippen molar-refractivity contribution < 1.29 is 22.8 Å². The second kappa shape index (κ2) is 14.0. The van der Waals surface area contributed by atoms with Crippen molar-refractivity contribution in [2.45, 2.75) is 62.9 Å². The van der Waals surface area contributed by atoms with Gasteiger partial charge in [-0.15, -0.1) is 0 Å². The maximum absolute atomic E-state index is 14.4. The number of anilines is 1. The minimum absolute atomic E-state index is 0.00795. The summed E-state index contributed by atoms with van der Waals surface area (Å²) < 4.78 is 27.2. The van der Waals surface area contributed by atoms with E-state index in [1.54, 1.807) is 78.9 Å². The highest BCUT2D eigenvalue weighted by molar-refractivity contribution is 7.92. The van der Waals surface area contributed by atoms with Gasteiger partial charge in [0.05, 0.1) is 10.6 Å². The number of hydrogen-bond acceptors (Lipinski definition) is 5. The Morgan fingerprint density at radius 3 is 1.98 bits per heavy atom. The standard InChI is InChI=1S/C37H38N2O5S/c1-26-17-21-28(22-18-26)35(37(42)38-30-13-7-4-8-14-30)39(34(40)25-45(43,44)31-23-19-27(2)20-24-31)33-16-10-9-15-32(33)36(41)29-11-5-3-6-12-29/h3,5-6,9-12,15-24,30,35H,4,7-8,13-14,25H2,1-2H3,(H,38,42). The van der Waals surface area contributed by atoms with Crippen LogP contribution in [-0.2, 0) is 19.4 Å². The van der Waals surface area contributed by atoms with Gasteiger partial charge in [-0.1, -0.05) is 109 Å². The van der Waals surface area contributed by atoms with E-state index >= 15 is 0 Å². The van der Waals surface area contributed by atoms with Crippen molar-refractivity contribution in [2.24, 2.45) is 0 Å². The molecule has 232 valence electrons. The number of carbonyl (C=O) groups excluding carboxylic acids is 3. The Labute approximate surface area is 265 Å². The van der Waals surface area contributed by atoms with Crippen molar-refractivity contribution in [3.05, 3.63) is 131 Å². The Balaban J connectivity index is 1.65. The van der Waals surface area contributed by atoms with Gasteiger partial charge in [0.1, 0.15) is 11.8 Å². The molecule has 0 aliphatic heterocycles. The molecule has 4 aromatic carbocycles. The number of benzene rings is 4. The van der Waals surface area contributed by atoms with Gasteiger partial charge in [-0.25, -0.2) is 8.42 Å². The third-order valence-electron chi connectivity index (χ3n) is 8.26. The summed E-state index contributed by atoms with van der Waals surface area (Å²) in [5.74, 6) is -2.47. The van der Waals surface area contributed by atoms with Gasteiger partial charge >= 0.3 is 0 Å². The molecule has 0 heterocycles. The third-order valence-corrected chi connectivity index (χ3v) is 9.88. The summed E-state index contributed by atoms with van der Waals surface area (Å²) in [4.78, 5) is 43.8. The summed E-state index contributed by atoms with van der Waals surface area (Å²) in [5, 5.41) is 3.15. The summed E-state index contributed by atoms with van der Waals surface area (Å²) in [7, 11) is -4.10. The Bertz CT molecular complexity index is 1760. The molecule has 7 nitrogen and oxygen atoms in total. The van der Waals surface area contributed by atoms with Crippen molar-refractivity contribution >= 4 is 33.1 Å². The molecule has 0 aromatic heterocycles. The lowest BCUT2D eigenvalue weighted by Crippen LogP contribution is -2.49. The van der Waals surface area contributed by atoms with E-state index in [2.05, 4.69) is 5.32 Å². The van der Waals surface area contributed by atoms with E-state index in [9.17, 15) is 22.8 Å². The van der Waals surface area contributed by atoms with E-state index in [0.717, 1.165) is 43.2 Å². The highest BCUT2D eigenvalue weighted by atomic mass is 32.2. The maximum atomic E-state index is 14.4. The van der Waals surface area contributed by atoms with Crippen LogP contribution in [0.5, 0.6) is 0 Å². The van der Waals surface area contributed by atoms with Crippen LogP contribution in [0.1, 0.15) is 70.8 Å². The van der Waals surface area contributed by atoms with Gasteiger partial charge in [0.2, 0.25) is 11.8 Å². The molecule has 0 bridgehead atoms.